The van der Waals surface area contributed by atoms with E-state index in [0.717, 1.165) is 11.6 Å². The molecule has 0 fully saturated rings. The lowest BCUT2D eigenvalue weighted by Crippen LogP contribution is -1.91. The maximum Gasteiger partial charge on any atom is 0.328 e. The number of hydrogen-bond donors (Lipinski definition) is 1. The number of carboxylic acid groups (broad SMARTS) is 1. The summed E-state index contributed by atoms with van der Waals surface area (Å²) < 4.78 is 10.8. The van der Waals surface area contributed by atoms with Gasteiger partial charge in [-0.2, -0.15) is 0 Å². The van der Waals surface area contributed by atoms with Crippen molar-refractivity contribution in [3.8, 4) is 11.5 Å². The van der Waals surface area contributed by atoms with Crippen molar-refractivity contribution >= 4 is 12.0 Å². The first-order chi connectivity index (χ1) is 10.2. The van der Waals surface area contributed by atoms with Crippen LogP contribution in [0.15, 0.2) is 48.8 Å². The minimum atomic E-state index is -1.01. The van der Waals surface area contributed by atoms with Crippen molar-refractivity contribution in [1.29, 1.82) is 0 Å². The first-order valence-electron chi connectivity index (χ1n) is 6.29. The first kappa shape index (κ1) is 14.7. The van der Waals surface area contributed by atoms with E-state index in [0.29, 0.717) is 23.7 Å². The lowest BCUT2D eigenvalue weighted by molar-refractivity contribution is -0.131. The highest BCUT2D eigenvalue weighted by atomic mass is 16.5. The van der Waals surface area contributed by atoms with Crippen molar-refractivity contribution in [1.82, 2.24) is 4.98 Å². The van der Waals surface area contributed by atoms with Crippen LogP contribution in [0.1, 0.15) is 11.1 Å². The smallest absolute Gasteiger partial charge is 0.328 e. The Morgan fingerprint density at radius 3 is 2.90 bits per heavy atom. The highest BCUT2D eigenvalue weighted by Crippen LogP contribution is 2.23. The minimum absolute atomic E-state index is 0.511. The summed E-state index contributed by atoms with van der Waals surface area (Å²) in [5.74, 6) is 0.205. The molecule has 0 aliphatic carbocycles. The zero-order valence-corrected chi connectivity index (χ0v) is 11.5. The third-order valence-corrected chi connectivity index (χ3v) is 2.60. The van der Waals surface area contributed by atoms with Gasteiger partial charge in [-0.1, -0.05) is 12.1 Å². The maximum atomic E-state index is 10.5. The van der Waals surface area contributed by atoms with E-state index in [1.165, 1.54) is 6.08 Å². The number of rotatable bonds is 6. The summed E-state index contributed by atoms with van der Waals surface area (Å²) >= 11 is 0. The molecule has 0 saturated heterocycles. The van der Waals surface area contributed by atoms with Gasteiger partial charge in [-0.15, -0.1) is 0 Å². The number of ether oxygens (including phenoxy) is 2. The molecule has 0 aliphatic heterocycles. The molecule has 1 aromatic heterocycles. The predicted molar refractivity (Wildman–Crippen MR) is 78.1 cm³/mol. The van der Waals surface area contributed by atoms with Gasteiger partial charge < -0.3 is 14.6 Å². The molecule has 0 unspecified atom stereocenters. The summed E-state index contributed by atoms with van der Waals surface area (Å²) in [7, 11) is 1.63. The van der Waals surface area contributed by atoms with Gasteiger partial charge in [0.15, 0.2) is 0 Å². The van der Waals surface area contributed by atoms with Crippen LogP contribution in [-0.4, -0.2) is 23.2 Å². The Kier molecular flexibility index (Phi) is 5.06. The highest BCUT2D eigenvalue weighted by molar-refractivity contribution is 5.85. The van der Waals surface area contributed by atoms with Gasteiger partial charge in [0.1, 0.15) is 11.5 Å². The van der Waals surface area contributed by atoms with Crippen molar-refractivity contribution in [2.75, 3.05) is 7.11 Å². The molecule has 2 rings (SSSR count). The predicted octanol–water partition coefficient (Wildman–Crippen LogP) is 3.12. The van der Waals surface area contributed by atoms with Crippen LogP contribution in [0.25, 0.3) is 6.08 Å². The molecule has 2 aromatic rings. The van der Waals surface area contributed by atoms with E-state index in [9.17, 15) is 4.79 Å². The second kappa shape index (κ2) is 7.21. The largest absolute Gasteiger partial charge is 0.478 e. The molecule has 108 valence electrons. The Bertz CT molecular complexity index is 652. The van der Waals surface area contributed by atoms with Crippen molar-refractivity contribution in [3.63, 3.8) is 0 Å². The normalized spacial score (nSPS) is 10.7. The minimum Gasteiger partial charge on any atom is -0.478 e. The molecule has 1 N–H and O–H groups in total. The maximum absolute atomic E-state index is 10.5. The topological polar surface area (TPSA) is 68.7 Å². The average molecular weight is 285 g/mol. The zero-order valence-electron chi connectivity index (χ0n) is 11.5. The molecule has 0 bridgehead atoms. The van der Waals surface area contributed by atoms with E-state index in [1.54, 1.807) is 25.6 Å². The molecule has 0 amide bonds. The number of carbonyl (C=O) groups is 1. The van der Waals surface area contributed by atoms with Gasteiger partial charge in [0.25, 0.3) is 0 Å². The van der Waals surface area contributed by atoms with Crippen molar-refractivity contribution in [2.45, 2.75) is 6.61 Å². The summed E-state index contributed by atoms with van der Waals surface area (Å²) in [4.78, 5) is 14.5. The lowest BCUT2D eigenvalue weighted by Gasteiger charge is -2.07. The third-order valence-electron chi connectivity index (χ3n) is 2.60. The molecule has 5 nitrogen and oxygen atoms in total. The molecule has 0 radical (unpaired) electrons. The Hall–Kier alpha value is -2.66. The van der Waals surface area contributed by atoms with Gasteiger partial charge >= 0.3 is 5.97 Å². The van der Waals surface area contributed by atoms with E-state index in [-0.39, 0.29) is 0 Å². The molecular weight excluding hydrogens is 270 g/mol. The molecule has 0 aliphatic rings. The molecule has 0 spiro atoms. The van der Waals surface area contributed by atoms with Gasteiger partial charge in [-0.25, -0.2) is 4.79 Å². The van der Waals surface area contributed by atoms with E-state index in [2.05, 4.69) is 4.98 Å². The average Bonchev–Trinajstić information content (AvgIpc) is 2.46. The van der Waals surface area contributed by atoms with Crippen LogP contribution >= 0.6 is 0 Å². The molecule has 0 atom stereocenters. The fourth-order valence-electron chi connectivity index (χ4n) is 1.75. The van der Waals surface area contributed by atoms with Gasteiger partial charge in [-0.3, -0.25) is 4.98 Å². The Balaban J connectivity index is 2.14. The van der Waals surface area contributed by atoms with Gasteiger partial charge in [0, 0.05) is 19.4 Å². The van der Waals surface area contributed by atoms with Crippen LogP contribution in [0, 0.1) is 0 Å². The summed E-state index contributed by atoms with van der Waals surface area (Å²) in [6.07, 6.45) is 5.65. The Morgan fingerprint density at radius 1 is 1.29 bits per heavy atom. The number of carboxylic acids is 1. The summed E-state index contributed by atoms with van der Waals surface area (Å²) in [6, 6.07) is 9.25. The molecule has 0 saturated carbocycles. The van der Waals surface area contributed by atoms with Crippen LogP contribution in [0.4, 0.5) is 0 Å². The SMILES string of the molecule is COCc1cccc(Oc2cncc(/C=C/C(=O)O)c2)c1. The van der Waals surface area contributed by atoms with E-state index < -0.39 is 5.97 Å². The summed E-state index contributed by atoms with van der Waals surface area (Å²) in [5.41, 5.74) is 1.66. The number of benzene rings is 1. The fraction of sp³-hybridized carbons (Fsp3) is 0.125. The number of hydrogen-bond acceptors (Lipinski definition) is 4. The van der Waals surface area contributed by atoms with Crippen LogP contribution < -0.4 is 4.74 Å². The van der Waals surface area contributed by atoms with E-state index in [1.807, 2.05) is 24.3 Å². The first-order valence-corrected chi connectivity index (χ1v) is 6.29. The number of aromatic nitrogens is 1. The van der Waals surface area contributed by atoms with E-state index >= 15 is 0 Å². The molecule has 21 heavy (non-hydrogen) atoms. The number of nitrogens with zero attached hydrogens (tertiary/aromatic N) is 1. The van der Waals surface area contributed by atoms with Crippen LogP contribution in [0.2, 0.25) is 0 Å². The molecular formula is C16H15NO4. The number of pyridine rings is 1. The molecule has 1 heterocycles. The second-order valence-electron chi connectivity index (χ2n) is 4.31. The van der Waals surface area contributed by atoms with Crippen LogP contribution in [0.3, 0.4) is 0 Å². The van der Waals surface area contributed by atoms with Crippen molar-refractivity contribution in [2.24, 2.45) is 0 Å². The zero-order chi connectivity index (χ0) is 15.1. The van der Waals surface area contributed by atoms with Crippen LogP contribution in [-0.2, 0) is 16.1 Å². The molecule has 1 aromatic carbocycles. The van der Waals surface area contributed by atoms with E-state index in [4.69, 9.17) is 14.6 Å². The molecule has 5 heteroatoms. The fourth-order valence-corrected chi connectivity index (χ4v) is 1.75. The highest BCUT2D eigenvalue weighted by Gasteiger charge is 2.01. The summed E-state index contributed by atoms with van der Waals surface area (Å²) in [6.45, 7) is 0.511. The van der Waals surface area contributed by atoms with Gasteiger partial charge in [-0.05, 0) is 35.4 Å². The Morgan fingerprint density at radius 2 is 2.14 bits per heavy atom. The monoisotopic (exact) mass is 285 g/mol. The second-order valence-corrected chi connectivity index (χ2v) is 4.31. The van der Waals surface area contributed by atoms with Crippen molar-refractivity contribution in [3.05, 3.63) is 59.9 Å². The van der Waals surface area contributed by atoms with Crippen molar-refractivity contribution < 1.29 is 19.4 Å². The quantitative estimate of drug-likeness (QED) is 0.826. The van der Waals surface area contributed by atoms with Crippen LogP contribution in [0.5, 0.6) is 11.5 Å². The van der Waals surface area contributed by atoms with Gasteiger partial charge in [0.2, 0.25) is 0 Å². The summed E-state index contributed by atoms with van der Waals surface area (Å²) in [5, 5.41) is 8.61. The standard InChI is InChI=1S/C16H15NO4/c1-20-11-13-3-2-4-14(8-13)21-15-7-12(9-17-10-15)5-6-16(18)19/h2-10H,11H2,1H3,(H,18,19)/b6-5+. The number of methoxy groups -OCH3 is 1. The van der Waals surface area contributed by atoms with Gasteiger partial charge in [0.05, 0.1) is 12.8 Å². The number of aliphatic carboxylic acids is 1. The third kappa shape index (κ3) is 4.74. The lowest BCUT2D eigenvalue weighted by atomic mass is 10.2. The Labute approximate surface area is 122 Å².